The summed E-state index contributed by atoms with van der Waals surface area (Å²) in [5.41, 5.74) is 0.907. The lowest BCUT2D eigenvalue weighted by Crippen LogP contribution is -2.33. The van der Waals surface area contributed by atoms with Gasteiger partial charge in [0.2, 0.25) is 5.82 Å². The van der Waals surface area contributed by atoms with Crippen LogP contribution in [0.25, 0.3) is 4.85 Å². The number of anilines is 2. The van der Waals surface area contributed by atoms with Gasteiger partial charge in [-0.2, -0.15) is 0 Å². The Morgan fingerprint density at radius 3 is 2.72 bits per heavy atom. The minimum Gasteiger partial charge on any atom is -0.369 e. The van der Waals surface area contributed by atoms with E-state index >= 15 is 0 Å². The van der Waals surface area contributed by atoms with Gasteiger partial charge in [0, 0.05) is 19.7 Å². The number of hydrogen-bond donors (Lipinski definition) is 2. The minimum atomic E-state index is -0.551. The van der Waals surface area contributed by atoms with Crippen LogP contribution in [0.1, 0.15) is 55.8 Å². The number of aromatic amines is 1. The minimum absolute atomic E-state index is 0.106. The molecule has 1 fully saturated rings. The molecule has 2 aromatic rings. The Balaban J connectivity index is 1.82. The van der Waals surface area contributed by atoms with Crippen molar-refractivity contribution in [2.75, 3.05) is 50.6 Å². The third kappa shape index (κ3) is 6.05. The summed E-state index contributed by atoms with van der Waals surface area (Å²) in [5.74, 6) is 0.687. The Bertz CT molecular complexity index is 955. The predicted molar refractivity (Wildman–Crippen MR) is 125 cm³/mol. The molecule has 9 heteroatoms. The number of nitrogens with zero attached hydrogens (tertiary/aromatic N) is 5. The molecule has 0 saturated carbocycles. The number of piperidine rings is 1. The largest absolute Gasteiger partial charge is 0.369 e. The van der Waals surface area contributed by atoms with Gasteiger partial charge in [-0.25, -0.2) is 9.97 Å². The molecule has 32 heavy (non-hydrogen) atoms. The topological polar surface area (TPSA) is 90.7 Å². The number of pyridine rings is 1. The summed E-state index contributed by atoms with van der Waals surface area (Å²) in [7, 11) is 4.10. The van der Waals surface area contributed by atoms with Crippen LogP contribution in [0.15, 0.2) is 18.3 Å². The molecule has 172 valence electrons. The van der Waals surface area contributed by atoms with Gasteiger partial charge in [-0.3, -0.25) is 9.78 Å². The average molecular weight is 440 g/mol. The second-order valence-electron chi connectivity index (χ2n) is 8.81. The van der Waals surface area contributed by atoms with Crippen LogP contribution in [-0.2, 0) is 10.3 Å². The number of ether oxygens (including phenoxy) is 1. The molecule has 9 nitrogen and oxygen atoms in total. The lowest BCUT2D eigenvalue weighted by molar-refractivity contribution is -0.0273. The summed E-state index contributed by atoms with van der Waals surface area (Å²) in [4.78, 5) is 32.0. The van der Waals surface area contributed by atoms with E-state index < -0.39 is 11.5 Å². The maximum atomic E-state index is 12.7. The first-order valence-electron chi connectivity index (χ1n) is 11.1. The van der Waals surface area contributed by atoms with Crippen molar-refractivity contribution in [2.24, 2.45) is 0 Å². The number of rotatable bonds is 9. The average Bonchev–Trinajstić information content (AvgIpc) is 3.27. The molecule has 0 aromatic carbocycles. The Morgan fingerprint density at radius 1 is 1.31 bits per heavy atom. The zero-order valence-corrected chi connectivity index (χ0v) is 19.4. The summed E-state index contributed by atoms with van der Waals surface area (Å²) in [6.07, 6.45) is 5.68. The van der Waals surface area contributed by atoms with E-state index in [1.807, 2.05) is 26.0 Å². The first kappa shape index (κ1) is 23.7. The van der Waals surface area contributed by atoms with Crippen molar-refractivity contribution in [1.29, 1.82) is 0 Å². The van der Waals surface area contributed by atoms with Crippen LogP contribution in [0.5, 0.6) is 0 Å². The maximum Gasteiger partial charge on any atom is 0.314 e. The van der Waals surface area contributed by atoms with Crippen LogP contribution in [0.3, 0.4) is 0 Å². The van der Waals surface area contributed by atoms with Crippen molar-refractivity contribution in [3.05, 3.63) is 41.3 Å². The second-order valence-corrected chi connectivity index (χ2v) is 8.81. The molecule has 2 N–H and O–H groups in total. The molecule has 1 amide bonds. The van der Waals surface area contributed by atoms with Gasteiger partial charge >= 0.3 is 5.91 Å². The number of carbonyl (C=O) groups is 1. The molecule has 0 aliphatic carbocycles. The molecule has 0 spiro atoms. The standard InChI is InChI=1S/C23H33N7O2/c1-23(2,32-15-9-12-29(4)5)18-11-10-17(21(27-18)30-13-7-6-8-14-30)26-22(31)20-25-16-19(24-3)28-20/h10-11,16H,6-9,12-15H2,1-2,4-5H3,(H,25,28)(H,26,31). The van der Waals surface area contributed by atoms with E-state index in [0.717, 1.165) is 50.4 Å². The van der Waals surface area contributed by atoms with E-state index in [1.165, 1.54) is 12.6 Å². The third-order valence-corrected chi connectivity index (χ3v) is 5.51. The van der Waals surface area contributed by atoms with Crippen LogP contribution in [0.2, 0.25) is 0 Å². The Labute approximate surface area is 190 Å². The molecule has 1 aliphatic heterocycles. The molecule has 0 radical (unpaired) electrons. The summed E-state index contributed by atoms with van der Waals surface area (Å²) in [6.45, 7) is 14.5. The van der Waals surface area contributed by atoms with Gasteiger partial charge < -0.3 is 24.7 Å². The van der Waals surface area contributed by atoms with Gasteiger partial charge in [-0.1, -0.05) is 6.57 Å². The lowest BCUT2D eigenvalue weighted by Gasteiger charge is -2.32. The smallest absolute Gasteiger partial charge is 0.314 e. The van der Waals surface area contributed by atoms with Gasteiger partial charge in [0.15, 0.2) is 5.82 Å². The van der Waals surface area contributed by atoms with Crippen molar-refractivity contribution < 1.29 is 9.53 Å². The number of nitrogens with one attached hydrogen (secondary N) is 2. The third-order valence-electron chi connectivity index (χ3n) is 5.51. The first-order valence-corrected chi connectivity index (χ1v) is 11.1. The zero-order valence-electron chi connectivity index (χ0n) is 19.4. The molecule has 1 saturated heterocycles. The Hall–Kier alpha value is -2.96. The molecule has 0 unspecified atom stereocenters. The fraction of sp³-hybridized carbons (Fsp3) is 0.565. The van der Waals surface area contributed by atoms with Crippen LogP contribution >= 0.6 is 0 Å². The van der Waals surface area contributed by atoms with E-state index in [2.05, 4.69) is 44.0 Å². The lowest BCUT2D eigenvalue weighted by atomic mass is 10.0. The van der Waals surface area contributed by atoms with Crippen LogP contribution in [-0.4, -0.2) is 66.1 Å². The Morgan fingerprint density at radius 2 is 2.06 bits per heavy atom. The van der Waals surface area contributed by atoms with E-state index in [0.29, 0.717) is 12.3 Å². The van der Waals surface area contributed by atoms with E-state index in [9.17, 15) is 4.79 Å². The number of amides is 1. The predicted octanol–water partition coefficient (Wildman–Crippen LogP) is 3.80. The van der Waals surface area contributed by atoms with E-state index in [1.54, 1.807) is 0 Å². The highest BCUT2D eigenvalue weighted by Gasteiger charge is 2.27. The van der Waals surface area contributed by atoms with Crippen molar-refractivity contribution >= 4 is 23.2 Å². The van der Waals surface area contributed by atoms with Gasteiger partial charge in [0.25, 0.3) is 5.82 Å². The quantitative estimate of drug-likeness (QED) is 0.456. The van der Waals surface area contributed by atoms with E-state index in [4.69, 9.17) is 16.3 Å². The number of aromatic nitrogens is 3. The number of carbonyl (C=O) groups excluding carboxylic acids is 1. The summed E-state index contributed by atoms with van der Waals surface area (Å²) in [6, 6.07) is 3.79. The zero-order chi connectivity index (χ0) is 23.1. The van der Waals surface area contributed by atoms with Gasteiger partial charge in [-0.15, -0.1) is 0 Å². The molecule has 2 aromatic heterocycles. The first-order chi connectivity index (χ1) is 15.3. The fourth-order valence-electron chi connectivity index (χ4n) is 3.68. The molecular formula is C23H33N7O2. The number of hydrogen-bond acceptors (Lipinski definition) is 6. The molecule has 0 bridgehead atoms. The highest BCUT2D eigenvalue weighted by atomic mass is 16.5. The maximum absolute atomic E-state index is 12.7. The summed E-state index contributed by atoms with van der Waals surface area (Å²) >= 11 is 0. The Kier molecular flexibility index (Phi) is 7.83. The SMILES string of the molecule is [C-]#[N+]c1cnc(C(=O)Nc2ccc(C(C)(C)OCCCN(C)C)nc2N2CCCCC2)[nH]1. The van der Waals surface area contributed by atoms with Gasteiger partial charge in [0.05, 0.1) is 17.6 Å². The molecule has 0 atom stereocenters. The van der Waals surface area contributed by atoms with E-state index in [-0.39, 0.29) is 11.6 Å². The van der Waals surface area contributed by atoms with Crippen molar-refractivity contribution in [3.63, 3.8) is 0 Å². The molecular weight excluding hydrogens is 406 g/mol. The monoisotopic (exact) mass is 439 g/mol. The second kappa shape index (κ2) is 10.6. The molecule has 3 heterocycles. The van der Waals surface area contributed by atoms with Crippen LogP contribution < -0.4 is 10.2 Å². The van der Waals surface area contributed by atoms with Gasteiger partial charge in [0.1, 0.15) is 5.60 Å². The highest BCUT2D eigenvalue weighted by molar-refractivity contribution is 6.03. The van der Waals surface area contributed by atoms with Crippen molar-refractivity contribution in [1.82, 2.24) is 19.9 Å². The summed E-state index contributed by atoms with van der Waals surface area (Å²) in [5, 5.41) is 2.92. The van der Waals surface area contributed by atoms with Crippen LogP contribution in [0, 0.1) is 6.57 Å². The van der Waals surface area contributed by atoms with Crippen LogP contribution in [0.4, 0.5) is 17.3 Å². The highest BCUT2D eigenvalue weighted by Crippen LogP contribution is 2.32. The van der Waals surface area contributed by atoms with Gasteiger partial charge in [-0.05, 0) is 72.3 Å². The molecule has 3 rings (SSSR count). The normalized spacial score (nSPS) is 14.4. The fourth-order valence-corrected chi connectivity index (χ4v) is 3.68. The van der Waals surface area contributed by atoms with Crippen molar-refractivity contribution in [3.8, 4) is 0 Å². The molecule has 1 aliphatic rings. The number of H-pyrrole nitrogens is 1. The van der Waals surface area contributed by atoms with Crippen molar-refractivity contribution in [2.45, 2.75) is 45.1 Å². The summed E-state index contributed by atoms with van der Waals surface area (Å²) < 4.78 is 6.18. The number of imidazole rings is 1.